The first-order valence-corrected chi connectivity index (χ1v) is 6.35. The minimum Gasteiger partial charge on any atom is -0.480 e. The fourth-order valence-corrected chi connectivity index (χ4v) is 2.02. The largest absolute Gasteiger partial charge is 0.480 e. The summed E-state index contributed by atoms with van der Waals surface area (Å²) in [5.74, 6) is -1.00. The van der Waals surface area contributed by atoms with Crippen LogP contribution in [0.4, 0.5) is 4.79 Å². The van der Waals surface area contributed by atoms with Crippen molar-refractivity contribution >= 4 is 12.0 Å². The van der Waals surface area contributed by atoms with Crippen molar-refractivity contribution in [3.05, 3.63) is 0 Å². The molecule has 3 N–H and O–H groups in total. The highest BCUT2D eigenvalue weighted by Crippen LogP contribution is 2.34. The second-order valence-electron chi connectivity index (χ2n) is 4.75. The van der Waals surface area contributed by atoms with E-state index >= 15 is 0 Å². The molecule has 1 aliphatic rings. The van der Waals surface area contributed by atoms with Crippen LogP contribution >= 0.6 is 0 Å². The molecule has 6 nitrogen and oxygen atoms in total. The lowest BCUT2D eigenvalue weighted by Gasteiger charge is -2.40. The zero-order chi connectivity index (χ0) is 13.6. The van der Waals surface area contributed by atoms with Crippen molar-refractivity contribution in [1.29, 1.82) is 0 Å². The number of hydrogen-bond acceptors (Lipinski definition) is 3. The summed E-state index contributed by atoms with van der Waals surface area (Å²) in [6, 6.07) is -1.27. The summed E-state index contributed by atoms with van der Waals surface area (Å²) >= 11 is 0. The van der Waals surface area contributed by atoms with E-state index in [4.69, 9.17) is 9.84 Å². The maximum atomic E-state index is 11.6. The van der Waals surface area contributed by atoms with Crippen molar-refractivity contribution in [1.82, 2.24) is 10.6 Å². The Kier molecular flexibility index (Phi) is 5.40. The van der Waals surface area contributed by atoms with E-state index in [-0.39, 0.29) is 5.60 Å². The highest BCUT2D eigenvalue weighted by Gasteiger charge is 2.37. The lowest BCUT2D eigenvalue weighted by atomic mass is 9.80. The molecule has 1 fully saturated rings. The number of carbonyl (C=O) groups excluding carboxylic acids is 1. The number of carbonyl (C=O) groups is 2. The molecule has 0 bridgehead atoms. The molecule has 0 spiro atoms. The number of nitrogens with one attached hydrogen (secondary N) is 2. The molecule has 2 amide bonds. The SMILES string of the molecule is CCCC(NC(=O)NCC1(OC)CCC1)C(=O)O. The van der Waals surface area contributed by atoms with E-state index < -0.39 is 18.0 Å². The van der Waals surface area contributed by atoms with Gasteiger partial charge in [0.25, 0.3) is 0 Å². The predicted octanol–water partition coefficient (Wildman–Crippen LogP) is 1.11. The molecule has 1 unspecified atom stereocenters. The fraction of sp³-hybridized carbons (Fsp3) is 0.833. The molecule has 0 radical (unpaired) electrons. The average molecular weight is 258 g/mol. The van der Waals surface area contributed by atoms with Crippen LogP contribution < -0.4 is 10.6 Å². The summed E-state index contributed by atoms with van der Waals surface area (Å²) < 4.78 is 5.37. The molecule has 1 aliphatic carbocycles. The molecule has 0 aromatic rings. The normalized spacial score (nSPS) is 18.6. The van der Waals surface area contributed by atoms with Crippen molar-refractivity contribution in [2.24, 2.45) is 0 Å². The summed E-state index contributed by atoms with van der Waals surface area (Å²) in [6.07, 6.45) is 4.10. The summed E-state index contributed by atoms with van der Waals surface area (Å²) in [7, 11) is 1.63. The van der Waals surface area contributed by atoms with E-state index in [9.17, 15) is 9.59 Å². The fourth-order valence-electron chi connectivity index (χ4n) is 2.02. The van der Waals surface area contributed by atoms with Gasteiger partial charge in [-0.1, -0.05) is 13.3 Å². The molecule has 0 aromatic carbocycles. The quantitative estimate of drug-likeness (QED) is 0.638. The second-order valence-corrected chi connectivity index (χ2v) is 4.75. The van der Waals surface area contributed by atoms with Gasteiger partial charge in [0.05, 0.1) is 5.60 Å². The number of urea groups is 1. The lowest BCUT2D eigenvalue weighted by Crippen LogP contribution is -2.53. The van der Waals surface area contributed by atoms with Crippen LogP contribution in [0.1, 0.15) is 39.0 Å². The maximum Gasteiger partial charge on any atom is 0.326 e. The molecular weight excluding hydrogens is 236 g/mol. The van der Waals surface area contributed by atoms with Gasteiger partial charge < -0.3 is 20.5 Å². The third kappa shape index (κ3) is 3.87. The third-order valence-electron chi connectivity index (χ3n) is 3.45. The number of methoxy groups -OCH3 is 1. The first-order valence-electron chi connectivity index (χ1n) is 6.35. The van der Waals surface area contributed by atoms with Gasteiger partial charge >= 0.3 is 12.0 Å². The van der Waals surface area contributed by atoms with Crippen molar-refractivity contribution in [2.75, 3.05) is 13.7 Å². The van der Waals surface area contributed by atoms with Gasteiger partial charge in [-0.15, -0.1) is 0 Å². The Morgan fingerprint density at radius 2 is 2.11 bits per heavy atom. The molecule has 0 aliphatic heterocycles. The second kappa shape index (κ2) is 6.58. The molecular formula is C12H22N2O4. The Balaban J connectivity index is 2.33. The summed E-state index contributed by atoms with van der Waals surface area (Å²) in [5, 5.41) is 14.1. The van der Waals surface area contributed by atoms with Gasteiger partial charge in [0, 0.05) is 13.7 Å². The molecule has 18 heavy (non-hydrogen) atoms. The monoisotopic (exact) mass is 258 g/mol. The van der Waals surface area contributed by atoms with E-state index in [0.717, 1.165) is 19.3 Å². The summed E-state index contributed by atoms with van der Waals surface area (Å²) in [4.78, 5) is 22.5. The number of ether oxygens (including phenoxy) is 1. The summed E-state index contributed by atoms with van der Waals surface area (Å²) in [5.41, 5.74) is -0.249. The molecule has 6 heteroatoms. The highest BCUT2D eigenvalue weighted by atomic mass is 16.5. The summed E-state index contributed by atoms with van der Waals surface area (Å²) in [6.45, 7) is 2.30. The van der Waals surface area contributed by atoms with Crippen LogP contribution in [0.2, 0.25) is 0 Å². The number of aliphatic carboxylic acids is 1. The Morgan fingerprint density at radius 1 is 1.44 bits per heavy atom. The van der Waals surface area contributed by atoms with Gasteiger partial charge in [-0.25, -0.2) is 9.59 Å². The van der Waals surface area contributed by atoms with Gasteiger partial charge in [-0.3, -0.25) is 0 Å². The average Bonchev–Trinajstić information content (AvgIpc) is 2.27. The number of hydrogen-bond donors (Lipinski definition) is 3. The van der Waals surface area contributed by atoms with Crippen LogP contribution in [0, 0.1) is 0 Å². The number of carboxylic acid groups (broad SMARTS) is 1. The number of rotatable bonds is 7. The van der Waals surface area contributed by atoms with Gasteiger partial charge in [-0.05, 0) is 25.7 Å². The van der Waals surface area contributed by atoms with E-state index in [1.54, 1.807) is 7.11 Å². The van der Waals surface area contributed by atoms with E-state index in [0.29, 0.717) is 19.4 Å². The van der Waals surface area contributed by atoms with Gasteiger partial charge in [0.1, 0.15) is 6.04 Å². The van der Waals surface area contributed by atoms with Gasteiger partial charge in [0.15, 0.2) is 0 Å². The van der Waals surface area contributed by atoms with Crippen LogP contribution in [0.25, 0.3) is 0 Å². The van der Waals surface area contributed by atoms with Gasteiger partial charge in [0.2, 0.25) is 0 Å². The van der Waals surface area contributed by atoms with Crippen molar-refractivity contribution in [2.45, 2.75) is 50.7 Å². The van der Waals surface area contributed by atoms with Crippen molar-refractivity contribution < 1.29 is 19.4 Å². The molecule has 0 heterocycles. The van der Waals surface area contributed by atoms with Crippen LogP contribution in [0.3, 0.4) is 0 Å². The molecule has 104 valence electrons. The Hall–Kier alpha value is -1.30. The third-order valence-corrected chi connectivity index (χ3v) is 3.45. The van der Waals surface area contributed by atoms with E-state index in [1.165, 1.54) is 0 Å². The molecule has 1 rings (SSSR count). The van der Waals surface area contributed by atoms with Crippen LogP contribution in [-0.4, -0.2) is 42.4 Å². The minimum absolute atomic E-state index is 0.249. The molecule has 1 saturated carbocycles. The predicted molar refractivity (Wildman–Crippen MR) is 66.5 cm³/mol. The Bertz CT molecular complexity index is 297. The Morgan fingerprint density at radius 3 is 2.50 bits per heavy atom. The van der Waals surface area contributed by atoms with Crippen LogP contribution in [0.5, 0.6) is 0 Å². The van der Waals surface area contributed by atoms with Crippen molar-refractivity contribution in [3.63, 3.8) is 0 Å². The van der Waals surface area contributed by atoms with Crippen LogP contribution in [-0.2, 0) is 9.53 Å². The Labute approximate surface area is 107 Å². The van der Waals surface area contributed by atoms with Crippen LogP contribution in [0.15, 0.2) is 0 Å². The van der Waals surface area contributed by atoms with E-state index in [1.807, 2.05) is 6.92 Å². The standard InChI is InChI=1S/C12H22N2O4/c1-3-5-9(10(15)16)14-11(17)13-8-12(18-2)6-4-7-12/h9H,3-8H2,1-2H3,(H,15,16)(H2,13,14,17). The smallest absolute Gasteiger partial charge is 0.326 e. The van der Waals surface area contributed by atoms with Crippen molar-refractivity contribution in [3.8, 4) is 0 Å². The first-order chi connectivity index (χ1) is 8.53. The molecule has 0 saturated heterocycles. The number of carboxylic acids is 1. The zero-order valence-corrected chi connectivity index (χ0v) is 11.0. The van der Waals surface area contributed by atoms with E-state index in [2.05, 4.69) is 10.6 Å². The first kappa shape index (κ1) is 14.8. The highest BCUT2D eigenvalue weighted by molar-refractivity contribution is 5.82. The van der Waals surface area contributed by atoms with Gasteiger partial charge in [-0.2, -0.15) is 0 Å². The zero-order valence-electron chi connectivity index (χ0n) is 11.0. The topological polar surface area (TPSA) is 87.7 Å². The lowest BCUT2D eigenvalue weighted by molar-refractivity contribution is -0.139. The maximum absolute atomic E-state index is 11.6. The molecule has 0 aromatic heterocycles. The molecule has 1 atom stereocenters. The number of amides is 2. The minimum atomic E-state index is -1.00.